The van der Waals surface area contributed by atoms with E-state index in [9.17, 15) is 22.0 Å². The van der Waals surface area contributed by atoms with Gasteiger partial charge in [-0.1, -0.05) is 13.0 Å². The molecule has 140 valence electrons. The van der Waals surface area contributed by atoms with Crippen molar-refractivity contribution < 1.29 is 26.7 Å². The van der Waals surface area contributed by atoms with Crippen LogP contribution in [-0.2, 0) is 10.0 Å². The summed E-state index contributed by atoms with van der Waals surface area (Å²) < 4.78 is 55.2. The minimum Gasteiger partial charge on any atom is -0.435 e. The molecule has 6 nitrogen and oxygen atoms in total. The number of amides is 1. The van der Waals surface area contributed by atoms with Crippen LogP contribution >= 0.6 is 0 Å². The van der Waals surface area contributed by atoms with E-state index in [0.717, 1.165) is 0 Å². The van der Waals surface area contributed by atoms with Crippen LogP contribution in [0.4, 0.5) is 14.5 Å². The minimum atomic E-state index is -3.59. The van der Waals surface area contributed by atoms with E-state index in [1.54, 1.807) is 0 Å². The highest BCUT2D eigenvalue weighted by molar-refractivity contribution is 7.89. The van der Waals surface area contributed by atoms with Gasteiger partial charge in [0.15, 0.2) is 0 Å². The highest BCUT2D eigenvalue weighted by Gasteiger charge is 2.14. The van der Waals surface area contributed by atoms with Gasteiger partial charge in [-0.2, -0.15) is 8.78 Å². The number of carbonyl (C=O) groups is 1. The molecule has 2 rings (SSSR count). The molecule has 1 amide bonds. The summed E-state index contributed by atoms with van der Waals surface area (Å²) >= 11 is 0. The van der Waals surface area contributed by atoms with Crippen molar-refractivity contribution in [3.05, 3.63) is 54.1 Å². The molecular weight excluding hydrogens is 366 g/mol. The van der Waals surface area contributed by atoms with E-state index < -0.39 is 22.5 Å². The van der Waals surface area contributed by atoms with Crippen LogP contribution in [0.1, 0.15) is 23.7 Å². The zero-order valence-electron chi connectivity index (χ0n) is 13.9. The SMILES string of the molecule is CCCNS(=O)(=O)c1ccc(NC(=O)c2cccc(OC(F)F)c2)cc1. The quantitative estimate of drug-likeness (QED) is 0.732. The number of carbonyl (C=O) groups excluding carboxylic acids is 1. The topological polar surface area (TPSA) is 84.5 Å². The molecule has 2 aromatic rings. The van der Waals surface area contributed by atoms with Gasteiger partial charge in [-0.25, -0.2) is 13.1 Å². The third-order valence-corrected chi connectivity index (χ3v) is 4.76. The molecule has 0 fully saturated rings. The standard InChI is InChI=1S/C17H18F2N2O4S/c1-2-10-20-26(23,24)15-8-6-13(7-9-15)21-16(22)12-4-3-5-14(11-12)25-17(18)19/h3-9,11,17,20H,2,10H2,1H3,(H,21,22). The summed E-state index contributed by atoms with van der Waals surface area (Å²) in [7, 11) is -3.59. The lowest BCUT2D eigenvalue weighted by Crippen LogP contribution is -2.24. The van der Waals surface area contributed by atoms with E-state index >= 15 is 0 Å². The summed E-state index contributed by atoms with van der Waals surface area (Å²) in [6, 6.07) is 11.0. The fourth-order valence-electron chi connectivity index (χ4n) is 2.05. The lowest BCUT2D eigenvalue weighted by molar-refractivity contribution is -0.0498. The van der Waals surface area contributed by atoms with Crippen molar-refractivity contribution in [2.45, 2.75) is 24.9 Å². The van der Waals surface area contributed by atoms with Gasteiger partial charge in [0, 0.05) is 17.8 Å². The molecule has 0 atom stereocenters. The molecule has 0 aliphatic rings. The van der Waals surface area contributed by atoms with Gasteiger partial charge in [-0.05, 0) is 48.9 Å². The molecule has 0 unspecified atom stereocenters. The number of ether oxygens (including phenoxy) is 1. The second kappa shape index (κ2) is 8.72. The first-order chi connectivity index (χ1) is 12.3. The molecule has 0 saturated heterocycles. The van der Waals surface area contributed by atoms with Crippen LogP contribution in [0.3, 0.4) is 0 Å². The Kier molecular flexibility index (Phi) is 6.64. The van der Waals surface area contributed by atoms with E-state index in [0.29, 0.717) is 18.7 Å². The Morgan fingerprint density at radius 3 is 2.46 bits per heavy atom. The van der Waals surface area contributed by atoms with Crippen molar-refractivity contribution in [3.8, 4) is 5.75 Å². The number of anilines is 1. The van der Waals surface area contributed by atoms with Gasteiger partial charge in [-0.15, -0.1) is 0 Å². The summed E-state index contributed by atoms with van der Waals surface area (Å²) in [6.45, 7) is -0.801. The maximum absolute atomic E-state index is 12.2. The van der Waals surface area contributed by atoms with Gasteiger partial charge in [0.25, 0.3) is 5.91 Å². The van der Waals surface area contributed by atoms with E-state index in [4.69, 9.17) is 0 Å². The molecule has 26 heavy (non-hydrogen) atoms. The van der Waals surface area contributed by atoms with Gasteiger partial charge in [0.05, 0.1) is 4.90 Å². The first-order valence-electron chi connectivity index (χ1n) is 7.78. The third-order valence-electron chi connectivity index (χ3n) is 3.29. The largest absolute Gasteiger partial charge is 0.435 e. The average molecular weight is 384 g/mol. The van der Waals surface area contributed by atoms with Crippen LogP contribution in [0.2, 0.25) is 0 Å². The van der Waals surface area contributed by atoms with Gasteiger partial charge in [0.1, 0.15) is 5.75 Å². The minimum absolute atomic E-state index is 0.0799. The van der Waals surface area contributed by atoms with Crippen molar-refractivity contribution in [2.75, 3.05) is 11.9 Å². The lowest BCUT2D eigenvalue weighted by Gasteiger charge is -2.09. The average Bonchev–Trinajstić information content (AvgIpc) is 2.60. The molecule has 0 radical (unpaired) electrons. The van der Waals surface area contributed by atoms with Crippen LogP contribution in [0.5, 0.6) is 5.75 Å². The molecule has 9 heteroatoms. The van der Waals surface area contributed by atoms with E-state index in [2.05, 4.69) is 14.8 Å². The second-order valence-electron chi connectivity index (χ2n) is 5.28. The van der Waals surface area contributed by atoms with Gasteiger partial charge in [-0.3, -0.25) is 4.79 Å². The predicted molar refractivity (Wildman–Crippen MR) is 92.9 cm³/mol. The normalized spacial score (nSPS) is 11.4. The Morgan fingerprint density at radius 2 is 1.85 bits per heavy atom. The molecule has 0 bridgehead atoms. The lowest BCUT2D eigenvalue weighted by atomic mass is 10.2. The van der Waals surface area contributed by atoms with E-state index in [1.165, 1.54) is 48.5 Å². The summed E-state index contributed by atoms with van der Waals surface area (Å²) in [5.74, 6) is -0.666. The first kappa shape index (κ1) is 19.8. The van der Waals surface area contributed by atoms with Crippen molar-refractivity contribution >= 4 is 21.6 Å². The summed E-state index contributed by atoms with van der Waals surface area (Å²) in [5.41, 5.74) is 0.495. The fourth-order valence-corrected chi connectivity index (χ4v) is 3.19. The number of hydrogen-bond acceptors (Lipinski definition) is 4. The van der Waals surface area contributed by atoms with Gasteiger partial charge >= 0.3 is 6.61 Å². The monoisotopic (exact) mass is 384 g/mol. The number of benzene rings is 2. The van der Waals surface area contributed by atoms with Crippen LogP contribution in [0.25, 0.3) is 0 Å². The number of sulfonamides is 1. The van der Waals surface area contributed by atoms with Crippen molar-refractivity contribution in [3.63, 3.8) is 0 Å². The van der Waals surface area contributed by atoms with Gasteiger partial charge in [0.2, 0.25) is 10.0 Å². The van der Waals surface area contributed by atoms with Gasteiger partial charge < -0.3 is 10.1 Å². The summed E-state index contributed by atoms with van der Waals surface area (Å²) in [4.78, 5) is 12.3. The first-order valence-corrected chi connectivity index (χ1v) is 9.26. The predicted octanol–water partition coefficient (Wildman–Crippen LogP) is 3.23. The number of rotatable bonds is 8. The molecule has 0 saturated carbocycles. The number of alkyl halides is 2. The Hall–Kier alpha value is -2.52. The van der Waals surface area contributed by atoms with Crippen molar-refractivity contribution in [1.29, 1.82) is 0 Å². The molecule has 2 aromatic carbocycles. The molecule has 0 aromatic heterocycles. The number of hydrogen-bond donors (Lipinski definition) is 2. The summed E-state index contributed by atoms with van der Waals surface area (Å²) in [6.07, 6.45) is 0.668. The van der Waals surface area contributed by atoms with Crippen LogP contribution in [0.15, 0.2) is 53.4 Å². The zero-order chi connectivity index (χ0) is 19.2. The smallest absolute Gasteiger partial charge is 0.387 e. The van der Waals surface area contributed by atoms with Crippen LogP contribution in [0, 0.1) is 0 Å². The van der Waals surface area contributed by atoms with E-state index in [1.807, 2.05) is 6.92 Å². The fraction of sp³-hybridized carbons (Fsp3) is 0.235. The Bertz CT molecular complexity index is 855. The Labute approximate surface area is 150 Å². The molecule has 2 N–H and O–H groups in total. The van der Waals surface area contributed by atoms with E-state index in [-0.39, 0.29) is 16.2 Å². The van der Waals surface area contributed by atoms with Crippen molar-refractivity contribution in [2.24, 2.45) is 0 Å². The molecule has 0 heterocycles. The highest BCUT2D eigenvalue weighted by Crippen LogP contribution is 2.18. The molecule has 0 aliphatic carbocycles. The van der Waals surface area contributed by atoms with Crippen LogP contribution < -0.4 is 14.8 Å². The van der Waals surface area contributed by atoms with Crippen LogP contribution in [-0.4, -0.2) is 27.5 Å². The molecule has 0 spiro atoms. The third kappa shape index (κ3) is 5.50. The number of halogens is 2. The maximum atomic E-state index is 12.2. The Morgan fingerprint density at radius 1 is 1.15 bits per heavy atom. The second-order valence-corrected chi connectivity index (χ2v) is 7.05. The summed E-state index contributed by atoms with van der Waals surface area (Å²) in [5, 5.41) is 2.56. The highest BCUT2D eigenvalue weighted by atomic mass is 32.2. The molecular formula is C17H18F2N2O4S. The zero-order valence-corrected chi connectivity index (χ0v) is 14.7. The van der Waals surface area contributed by atoms with Crippen molar-refractivity contribution in [1.82, 2.24) is 4.72 Å². The Balaban J connectivity index is 2.08. The number of nitrogens with one attached hydrogen (secondary N) is 2. The maximum Gasteiger partial charge on any atom is 0.387 e. The molecule has 0 aliphatic heterocycles.